The van der Waals surface area contributed by atoms with Gasteiger partial charge in [0.25, 0.3) is 0 Å². The molecule has 0 saturated heterocycles. The number of benzene rings is 3. The molecule has 1 amide bonds. The third-order valence-corrected chi connectivity index (χ3v) is 5.91. The van der Waals surface area contributed by atoms with Crippen LogP contribution in [0.2, 0.25) is 0 Å². The number of fused-ring (bicyclic) bond motifs is 1. The molecule has 1 unspecified atom stereocenters. The second-order valence-corrected chi connectivity index (χ2v) is 8.20. The monoisotopic (exact) mass is 437 g/mol. The Labute approximate surface area is 193 Å². The van der Waals surface area contributed by atoms with Gasteiger partial charge < -0.3 is 11.1 Å². The molecule has 33 heavy (non-hydrogen) atoms. The van der Waals surface area contributed by atoms with Crippen LogP contribution < -0.4 is 11.1 Å². The summed E-state index contributed by atoms with van der Waals surface area (Å²) >= 11 is 0. The van der Waals surface area contributed by atoms with Gasteiger partial charge in [0.1, 0.15) is 0 Å². The predicted octanol–water partition coefficient (Wildman–Crippen LogP) is 5.04. The second-order valence-electron chi connectivity index (χ2n) is 8.20. The van der Waals surface area contributed by atoms with Crippen LogP contribution in [-0.2, 0) is 11.2 Å². The number of rotatable bonds is 8. The number of ketones is 1. The van der Waals surface area contributed by atoms with Gasteiger partial charge in [-0.3, -0.25) is 14.6 Å². The van der Waals surface area contributed by atoms with E-state index in [0.717, 1.165) is 38.7 Å². The quantitative estimate of drug-likeness (QED) is 0.378. The first-order chi connectivity index (χ1) is 16.0. The molecule has 0 aliphatic carbocycles. The summed E-state index contributed by atoms with van der Waals surface area (Å²) in [7, 11) is 0. The van der Waals surface area contributed by atoms with Gasteiger partial charge in [-0.2, -0.15) is 0 Å². The van der Waals surface area contributed by atoms with Crippen LogP contribution in [0, 0.1) is 6.92 Å². The number of carbonyl (C=O) groups excluding carboxylic acids is 2. The molecule has 166 valence electrons. The van der Waals surface area contributed by atoms with E-state index in [0.29, 0.717) is 12.8 Å². The minimum Gasteiger partial charge on any atom is -0.329 e. The number of Topliss-reactive ketones (excluding diaryl/α,β-unsaturated/α-hetero) is 1. The molecule has 5 heteroatoms. The van der Waals surface area contributed by atoms with Crippen molar-refractivity contribution < 1.29 is 9.59 Å². The summed E-state index contributed by atoms with van der Waals surface area (Å²) in [6.07, 6.45) is 4.62. The van der Waals surface area contributed by atoms with Crippen molar-refractivity contribution in [3.8, 4) is 0 Å². The topological polar surface area (TPSA) is 85.1 Å². The number of hydrogen-bond acceptors (Lipinski definition) is 4. The van der Waals surface area contributed by atoms with Crippen molar-refractivity contribution >= 4 is 28.2 Å². The summed E-state index contributed by atoms with van der Waals surface area (Å²) in [5.41, 5.74) is 10.4. The first kappa shape index (κ1) is 22.4. The van der Waals surface area contributed by atoms with Crippen molar-refractivity contribution in [3.05, 3.63) is 107 Å². The number of nitrogens with one attached hydrogen (secondary N) is 1. The lowest BCUT2D eigenvalue weighted by atomic mass is 9.91. The van der Waals surface area contributed by atoms with Gasteiger partial charge in [0.2, 0.25) is 5.91 Å². The highest BCUT2D eigenvalue weighted by molar-refractivity contribution is 5.98. The number of nitrogens with zero attached hydrogens (tertiary/aromatic N) is 1. The summed E-state index contributed by atoms with van der Waals surface area (Å²) in [5, 5.41) is 5.03. The Hall–Kier alpha value is -3.83. The first-order valence-electron chi connectivity index (χ1n) is 11.1. The fraction of sp³-hybridized carbons (Fsp3) is 0.179. The van der Waals surface area contributed by atoms with Crippen LogP contribution in [0.25, 0.3) is 10.8 Å². The average molecular weight is 438 g/mol. The number of aromatic nitrogens is 1. The van der Waals surface area contributed by atoms with Gasteiger partial charge in [0.05, 0.1) is 5.92 Å². The van der Waals surface area contributed by atoms with Crippen molar-refractivity contribution in [1.82, 2.24) is 4.98 Å². The highest BCUT2D eigenvalue weighted by Crippen LogP contribution is 2.24. The van der Waals surface area contributed by atoms with Crippen molar-refractivity contribution in [3.63, 3.8) is 0 Å². The van der Waals surface area contributed by atoms with Gasteiger partial charge in [-0.1, -0.05) is 54.6 Å². The van der Waals surface area contributed by atoms with E-state index >= 15 is 0 Å². The van der Waals surface area contributed by atoms with Gasteiger partial charge in [0.15, 0.2) is 5.78 Å². The SMILES string of the molecule is Cc1cc(CCC(=O)c2ccccc2)ccc1C(CN)C(=O)Nc1ccc2cnccc2c1. The van der Waals surface area contributed by atoms with E-state index in [1.165, 1.54) is 0 Å². The molecule has 0 aliphatic heterocycles. The molecule has 0 radical (unpaired) electrons. The largest absolute Gasteiger partial charge is 0.329 e. The number of carbonyl (C=O) groups is 2. The maximum absolute atomic E-state index is 13.0. The van der Waals surface area contributed by atoms with Crippen molar-refractivity contribution in [1.29, 1.82) is 0 Å². The number of pyridine rings is 1. The molecule has 0 fully saturated rings. The molecule has 3 aromatic carbocycles. The second kappa shape index (κ2) is 10.2. The Kier molecular flexibility index (Phi) is 6.91. The number of hydrogen-bond donors (Lipinski definition) is 2. The predicted molar refractivity (Wildman–Crippen MR) is 132 cm³/mol. The molecule has 4 rings (SSSR count). The van der Waals surface area contributed by atoms with Gasteiger partial charge in [0, 0.05) is 42.0 Å². The standard InChI is InChI=1S/C28H27N3O2/c1-19-15-20(8-12-27(32)21-5-3-2-4-6-21)7-11-25(19)26(17-29)28(33)31-24-10-9-23-18-30-14-13-22(23)16-24/h2-7,9-11,13-16,18,26H,8,12,17,29H2,1H3,(H,31,33). The summed E-state index contributed by atoms with van der Waals surface area (Å²) in [6, 6.07) is 23.0. The summed E-state index contributed by atoms with van der Waals surface area (Å²) in [6.45, 7) is 2.19. The molecule has 0 bridgehead atoms. The summed E-state index contributed by atoms with van der Waals surface area (Å²) < 4.78 is 0. The summed E-state index contributed by atoms with van der Waals surface area (Å²) in [5.74, 6) is -0.471. The molecular weight excluding hydrogens is 410 g/mol. The van der Waals surface area contributed by atoms with Gasteiger partial charge in [-0.25, -0.2) is 0 Å². The highest BCUT2D eigenvalue weighted by atomic mass is 16.2. The maximum Gasteiger partial charge on any atom is 0.233 e. The number of aryl methyl sites for hydroxylation is 2. The molecule has 0 spiro atoms. The van der Waals surface area contributed by atoms with Crippen LogP contribution in [0.4, 0.5) is 5.69 Å². The van der Waals surface area contributed by atoms with Gasteiger partial charge in [-0.05, 0) is 53.6 Å². The van der Waals surface area contributed by atoms with E-state index in [9.17, 15) is 9.59 Å². The lowest BCUT2D eigenvalue weighted by Crippen LogP contribution is -2.28. The lowest BCUT2D eigenvalue weighted by Gasteiger charge is -2.18. The number of amides is 1. The van der Waals surface area contributed by atoms with Crippen LogP contribution in [0.3, 0.4) is 0 Å². The van der Waals surface area contributed by atoms with E-state index in [1.807, 2.05) is 79.7 Å². The third-order valence-electron chi connectivity index (χ3n) is 5.91. The van der Waals surface area contributed by atoms with E-state index in [2.05, 4.69) is 10.3 Å². The zero-order valence-electron chi connectivity index (χ0n) is 18.6. The van der Waals surface area contributed by atoms with E-state index in [4.69, 9.17) is 5.73 Å². The molecular formula is C28H27N3O2. The van der Waals surface area contributed by atoms with Crippen LogP contribution in [0.5, 0.6) is 0 Å². The Balaban J connectivity index is 1.44. The Morgan fingerprint density at radius 3 is 2.55 bits per heavy atom. The first-order valence-corrected chi connectivity index (χ1v) is 11.1. The van der Waals surface area contributed by atoms with E-state index < -0.39 is 5.92 Å². The zero-order valence-corrected chi connectivity index (χ0v) is 18.6. The maximum atomic E-state index is 13.0. The van der Waals surface area contributed by atoms with Crippen LogP contribution in [0.15, 0.2) is 85.2 Å². The molecule has 1 heterocycles. The highest BCUT2D eigenvalue weighted by Gasteiger charge is 2.21. The minimum atomic E-state index is -0.460. The Morgan fingerprint density at radius 2 is 1.79 bits per heavy atom. The zero-order chi connectivity index (χ0) is 23.2. The molecule has 4 aromatic rings. The molecule has 0 saturated carbocycles. The van der Waals surface area contributed by atoms with Crippen molar-refractivity contribution in [2.75, 3.05) is 11.9 Å². The fourth-order valence-electron chi connectivity index (χ4n) is 4.08. The van der Waals surface area contributed by atoms with Crippen LogP contribution in [-0.4, -0.2) is 23.2 Å². The third kappa shape index (κ3) is 5.33. The Bertz CT molecular complexity index is 1280. The number of nitrogens with two attached hydrogens (primary N) is 1. The van der Waals surface area contributed by atoms with Crippen molar-refractivity contribution in [2.45, 2.75) is 25.7 Å². The van der Waals surface area contributed by atoms with Crippen LogP contribution >= 0.6 is 0 Å². The summed E-state index contributed by atoms with van der Waals surface area (Å²) in [4.78, 5) is 29.6. The molecule has 1 atom stereocenters. The van der Waals surface area contributed by atoms with E-state index in [-0.39, 0.29) is 18.2 Å². The molecule has 1 aromatic heterocycles. The smallest absolute Gasteiger partial charge is 0.233 e. The van der Waals surface area contributed by atoms with Crippen molar-refractivity contribution in [2.24, 2.45) is 5.73 Å². The molecule has 0 aliphatic rings. The molecule has 3 N–H and O–H groups in total. The molecule has 5 nitrogen and oxygen atoms in total. The Morgan fingerprint density at radius 1 is 0.970 bits per heavy atom. The van der Waals surface area contributed by atoms with Crippen LogP contribution in [0.1, 0.15) is 39.4 Å². The van der Waals surface area contributed by atoms with E-state index in [1.54, 1.807) is 12.4 Å². The van der Waals surface area contributed by atoms with Gasteiger partial charge >= 0.3 is 0 Å². The fourth-order valence-corrected chi connectivity index (χ4v) is 4.08. The number of anilines is 1. The lowest BCUT2D eigenvalue weighted by molar-refractivity contribution is -0.117. The van der Waals surface area contributed by atoms with Gasteiger partial charge in [-0.15, -0.1) is 0 Å². The minimum absolute atomic E-state index is 0.128. The normalized spacial score (nSPS) is 11.8. The average Bonchev–Trinajstić information content (AvgIpc) is 2.84.